The van der Waals surface area contributed by atoms with Crippen molar-refractivity contribution in [3.8, 4) is 11.4 Å². The number of carbonyl (C=O) groups is 1. The maximum Gasteiger partial charge on any atom is 0.229 e. The first kappa shape index (κ1) is 22.5. The van der Waals surface area contributed by atoms with Crippen LogP contribution in [0.5, 0.6) is 0 Å². The molecule has 0 unspecified atom stereocenters. The fraction of sp³-hybridized carbons (Fsp3) is 0.240. The van der Waals surface area contributed by atoms with Crippen LogP contribution in [0.1, 0.15) is 28.6 Å². The van der Waals surface area contributed by atoms with Gasteiger partial charge in [0.1, 0.15) is 11.6 Å². The molecule has 2 aromatic heterocycles. The van der Waals surface area contributed by atoms with Gasteiger partial charge in [-0.1, -0.05) is 36.4 Å². The number of rotatable bonds is 7. The summed E-state index contributed by atoms with van der Waals surface area (Å²) in [5, 5.41) is 23.8. The van der Waals surface area contributed by atoms with Gasteiger partial charge >= 0.3 is 0 Å². The predicted octanol–water partition coefficient (Wildman–Crippen LogP) is 2.97. The average molecular weight is 471 g/mol. The fourth-order valence-electron chi connectivity index (χ4n) is 4.06. The Balaban J connectivity index is 1.46. The van der Waals surface area contributed by atoms with E-state index < -0.39 is 0 Å². The summed E-state index contributed by atoms with van der Waals surface area (Å²) in [4.78, 5) is 27.3. The van der Waals surface area contributed by atoms with Gasteiger partial charge in [-0.15, -0.1) is 0 Å². The number of aliphatic hydroxyl groups is 1. The van der Waals surface area contributed by atoms with Crippen LogP contribution in [0.25, 0.3) is 11.4 Å². The summed E-state index contributed by atoms with van der Waals surface area (Å²) in [5.41, 5.74) is 4.48. The van der Waals surface area contributed by atoms with Gasteiger partial charge in [0.2, 0.25) is 11.9 Å². The summed E-state index contributed by atoms with van der Waals surface area (Å²) >= 11 is 0. The van der Waals surface area contributed by atoms with E-state index in [-0.39, 0.29) is 18.6 Å². The number of likely N-dealkylation sites (N-methyl/N-ethyl adjacent to an activating group) is 1. The number of hydrogen-bond acceptors (Lipinski definition) is 8. The molecule has 2 aromatic carbocycles. The third-order valence-electron chi connectivity index (χ3n) is 5.96. The van der Waals surface area contributed by atoms with Gasteiger partial charge < -0.3 is 20.6 Å². The molecule has 1 aliphatic heterocycles. The summed E-state index contributed by atoms with van der Waals surface area (Å²) in [6, 6.07) is 15.2. The predicted molar refractivity (Wildman–Crippen MR) is 132 cm³/mol. The highest BCUT2D eigenvalue weighted by molar-refractivity contribution is 5.81. The first-order valence-corrected chi connectivity index (χ1v) is 11.3. The molecule has 1 aliphatic rings. The number of nitrogens with zero attached hydrogens (tertiary/aromatic N) is 5. The minimum absolute atomic E-state index is 0.118. The summed E-state index contributed by atoms with van der Waals surface area (Å²) in [6.45, 7) is 2.26. The summed E-state index contributed by atoms with van der Waals surface area (Å²) < 4.78 is 0. The van der Waals surface area contributed by atoms with Crippen LogP contribution in [0.15, 0.2) is 54.7 Å². The van der Waals surface area contributed by atoms with E-state index in [2.05, 4.69) is 30.8 Å². The van der Waals surface area contributed by atoms with Crippen molar-refractivity contribution in [3.63, 3.8) is 0 Å². The first-order valence-electron chi connectivity index (χ1n) is 11.3. The molecule has 0 spiro atoms. The molecule has 3 heterocycles. The number of amides is 1. The number of aliphatic hydroxyl groups excluding tert-OH is 1. The Hall–Kier alpha value is -4.31. The lowest BCUT2D eigenvalue weighted by Crippen LogP contribution is -2.32. The van der Waals surface area contributed by atoms with Gasteiger partial charge in [0.15, 0.2) is 5.82 Å². The zero-order chi connectivity index (χ0) is 24.4. The highest BCUT2D eigenvalue weighted by Crippen LogP contribution is 2.29. The molecule has 1 amide bonds. The van der Waals surface area contributed by atoms with Crippen molar-refractivity contribution >= 4 is 23.4 Å². The largest absolute Gasteiger partial charge is 0.394 e. The van der Waals surface area contributed by atoms with Crippen LogP contribution in [0.3, 0.4) is 0 Å². The number of aromatic amines is 1. The second kappa shape index (κ2) is 9.51. The summed E-state index contributed by atoms with van der Waals surface area (Å²) in [6.07, 6.45) is 2.06. The van der Waals surface area contributed by atoms with Crippen molar-refractivity contribution in [1.29, 1.82) is 0 Å². The van der Waals surface area contributed by atoms with Gasteiger partial charge in [-0.25, -0.2) is 9.97 Å². The Kier molecular flexibility index (Phi) is 6.11. The van der Waals surface area contributed by atoms with E-state index in [1.165, 1.54) is 0 Å². The highest BCUT2D eigenvalue weighted by atomic mass is 16.3. The summed E-state index contributed by atoms with van der Waals surface area (Å²) in [5.74, 6) is 2.13. The fourth-order valence-corrected chi connectivity index (χ4v) is 4.06. The topological polar surface area (TPSA) is 132 Å². The molecule has 178 valence electrons. The van der Waals surface area contributed by atoms with Crippen LogP contribution in [0.4, 0.5) is 17.5 Å². The highest BCUT2D eigenvalue weighted by Gasteiger charge is 2.21. The standard InChI is InChI=1S/C25H26N8O2/c1-15-27-24(32-31-15)20-12-26-25(30-23(20)29-21(14-34)16-6-4-3-5-7-16)28-19-9-8-17-11-22(35)33(2)13-18(17)10-19/h3-10,12,21,34H,11,13-14H2,1-2H3,(H,27,31,32)(H2,26,28,29,30)/t21-/m1/s1. The zero-order valence-electron chi connectivity index (χ0n) is 19.5. The molecular weight excluding hydrogens is 444 g/mol. The van der Waals surface area contributed by atoms with Crippen LogP contribution in [0.2, 0.25) is 0 Å². The SMILES string of the molecule is Cc1nc(-c2cnc(Nc3ccc4c(c3)CN(C)C(=O)C4)nc2N[C@H](CO)c2ccccc2)n[nH]1. The van der Waals surface area contributed by atoms with Crippen molar-refractivity contribution in [3.05, 3.63) is 77.2 Å². The van der Waals surface area contributed by atoms with Gasteiger partial charge in [-0.2, -0.15) is 10.1 Å². The maximum atomic E-state index is 12.0. The molecule has 1 atom stereocenters. The molecule has 0 bridgehead atoms. The molecule has 4 aromatic rings. The Morgan fingerprint density at radius 1 is 1.14 bits per heavy atom. The van der Waals surface area contributed by atoms with Crippen LogP contribution in [0, 0.1) is 6.92 Å². The van der Waals surface area contributed by atoms with Crippen LogP contribution >= 0.6 is 0 Å². The lowest BCUT2D eigenvalue weighted by atomic mass is 9.99. The minimum Gasteiger partial charge on any atom is -0.394 e. The van der Waals surface area contributed by atoms with Crippen molar-refractivity contribution in [2.45, 2.75) is 25.9 Å². The Bertz CT molecular complexity index is 1350. The zero-order valence-corrected chi connectivity index (χ0v) is 19.5. The first-order chi connectivity index (χ1) is 17.0. The van der Waals surface area contributed by atoms with Gasteiger partial charge in [0, 0.05) is 25.5 Å². The van der Waals surface area contributed by atoms with Gasteiger partial charge in [-0.05, 0) is 35.7 Å². The molecule has 0 saturated heterocycles. The Labute approximate surface area is 202 Å². The number of fused-ring (bicyclic) bond motifs is 1. The van der Waals surface area contributed by atoms with Gasteiger partial charge in [-0.3, -0.25) is 9.89 Å². The molecule has 10 heteroatoms. The minimum atomic E-state index is -0.380. The molecule has 0 fully saturated rings. The van der Waals surface area contributed by atoms with Gasteiger partial charge in [0.05, 0.1) is 24.6 Å². The third kappa shape index (κ3) is 4.82. The lowest BCUT2D eigenvalue weighted by Gasteiger charge is -2.25. The smallest absolute Gasteiger partial charge is 0.229 e. The van der Waals surface area contributed by atoms with Crippen molar-refractivity contribution in [1.82, 2.24) is 30.0 Å². The van der Waals surface area contributed by atoms with E-state index in [1.54, 1.807) is 18.1 Å². The number of carbonyl (C=O) groups excluding carboxylic acids is 1. The molecule has 5 rings (SSSR count). The molecule has 10 nitrogen and oxygen atoms in total. The summed E-state index contributed by atoms with van der Waals surface area (Å²) in [7, 11) is 1.81. The Morgan fingerprint density at radius 3 is 2.71 bits per heavy atom. The monoisotopic (exact) mass is 470 g/mol. The molecule has 0 saturated carbocycles. The third-order valence-corrected chi connectivity index (χ3v) is 5.96. The van der Waals surface area contributed by atoms with E-state index in [0.717, 1.165) is 22.4 Å². The quantitative estimate of drug-likeness (QED) is 0.324. The molecule has 4 N–H and O–H groups in total. The van der Waals surface area contributed by atoms with Crippen molar-refractivity contribution in [2.24, 2.45) is 0 Å². The van der Waals surface area contributed by atoms with E-state index in [4.69, 9.17) is 4.98 Å². The molecular formula is C25H26N8O2. The van der Waals surface area contributed by atoms with Crippen molar-refractivity contribution < 1.29 is 9.90 Å². The average Bonchev–Trinajstić information content (AvgIpc) is 3.30. The second-order valence-corrected chi connectivity index (χ2v) is 8.53. The maximum absolute atomic E-state index is 12.0. The number of aryl methyl sites for hydroxylation is 1. The Morgan fingerprint density at radius 2 is 1.97 bits per heavy atom. The lowest BCUT2D eigenvalue weighted by molar-refractivity contribution is -0.130. The molecule has 0 radical (unpaired) electrons. The number of nitrogens with one attached hydrogen (secondary N) is 3. The van der Waals surface area contributed by atoms with Crippen LogP contribution in [-0.4, -0.2) is 54.7 Å². The van der Waals surface area contributed by atoms with Gasteiger partial charge in [0.25, 0.3) is 0 Å². The normalized spacial score (nSPS) is 13.9. The van der Waals surface area contributed by atoms with Crippen LogP contribution < -0.4 is 10.6 Å². The molecule has 0 aliphatic carbocycles. The number of anilines is 3. The van der Waals surface area contributed by atoms with E-state index >= 15 is 0 Å². The van der Waals surface area contributed by atoms with Crippen LogP contribution in [-0.2, 0) is 17.8 Å². The number of hydrogen-bond donors (Lipinski definition) is 4. The van der Waals surface area contributed by atoms with E-state index in [9.17, 15) is 9.90 Å². The number of benzene rings is 2. The van der Waals surface area contributed by atoms with E-state index in [1.807, 2.05) is 55.5 Å². The number of aromatic nitrogens is 5. The molecule has 35 heavy (non-hydrogen) atoms. The van der Waals surface area contributed by atoms with E-state index in [0.29, 0.717) is 41.9 Å². The number of H-pyrrole nitrogens is 1. The second-order valence-electron chi connectivity index (χ2n) is 8.53. The van der Waals surface area contributed by atoms with Crippen molar-refractivity contribution in [2.75, 3.05) is 24.3 Å².